The average molecular weight is 228 g/mol. The lowest BCUT2D eigenvalue weighted by atomic mass is 9.74. The molecule has 1 unspecified atom stereocenters. The molecule has 1 aromatic rings. The standard InChI is InChI=1S/C16H20O/c1-11-4-3-5-16-14(11)8-6-12-10-13(17-2)7-9-15(12)16/h7,9-11H,3-6,8H2,1-2H3. The first kappa shape index (κ1) is 10.9. The number of methoxy groups -OCH3 is 1. The number of allylic oxidation sites excluding steroid dienone is 2. The summed E-state index contributed by atoms with van der Waals surface area (Å²) < 4.78 is 5.32. The van der Waals surface area contributed by atoms with Crippen molar-refractivity contribution in [3.63, 3.8) is 0 Å². The van der Waals surface area contributed by atoms with E-state index in [9.17, 15) is 0 Å². The van der Waals surface area contributed by atoms with E-state index in [1.54, 1.807) is 18.3 Å². The summed E-state index contributed by atoms with van der Waals surface area (Å²) in [5.41, 5.74) is 6.36. The molecule has 0 fully saturated rings. The highest BCUT2D eigenvalue weighted by atomic mass is 16.5. The van der Waals surface area contributed by atoms with Gasteiger partial charge in [-0.05, 0) is 66.9 Å². The van der Waals surface area contributed by atoms with Crippen LogP contribution in [0.25, 0.3) is 5.57 Å². The normalized spacial score (nSPS) is 23.1. The van der Waals surface area contributed by atoms with Crippen molar-refractivity contribution in [2.45, 2.75) is 39.0 Å². The van der Waals surface area contributed by atoms with E-state index in [2.05, 4.69) is 25.1 Å². The minimum Gasteiger partial charge on any atom is -0.497 e. The number of aryl methyl sites for hydroxylation is 1. The summed E-state index contributed by atoms with van der Waals surface area (Å²) in [5.74, 6) is 1.80. The van der Waals surface area contributed by atoms with Crippen molar-refractivity contribution in [2.24, 2.45) is 5.92 Å². The fourth-order valence-corrected chi connectivity index (χ4v) is 3.39. The maximum absolute atomic E-state index is 5.32. The van der Waals surface area contributed by atoms with Crippen LogP contribution in [0.4, 0.5) is 0 Å². The lowest BCUT2D eigenvalue weighted by molar-refractivity contribution is 0.414. The average Bonchev–Trinajstić information content (AvgIpc) is 2.38. The minimum absolute atomic E-state index is 0.800. The van der Waals surface area contributed by atoms with Crippen LogP contribution in [0, 0.1) is 5.92 Å². The van der Waals surface area contributed by atoms with Crippen LogP contribution in [0.3, 0.4) is 0 Å². The van der Waals surface area contributed by atoms with E-state index in [4.69, 9.17) is 4.74 Å². The molecular formula is C16H20O. The Bertz CT molecular complexity index is 470. The molecule has 3 rings (SSSR count). The second-order valence-electron chi connectivity index (χ2n) is 5.32. The van der Waals surface area contributed by atoms with Gasteiger partial charge in [0.05, 0.1) is 7.11 Å². The zero-order valence-electron chi connectivity index (χ0n) is 10.8. The van der Waals surface area contributed by atoms with Gasteiger partial charge in [0.25, 0.3) is 0 Å². The molecule has 2 aliphatic rings. The summed E-state index contributed by atoms with van der Waals surface area (Å²) in [4.78, 5) is 0. The van der Waals surface area contributed by atoms with Gasteiger partial charge in [-0.1, -0.05) is 18.6 Å². The van der Waals surface area contributed by atoms with E-state index in [1.165, 1.54) is 43.2 Å². The van der Waals surface area contributed by atoms with Crippen molar-refractivity contribution in [1.29, 1.82) is 0 Å². The van der Waals surface area contributed by atoms with E-state index in [0.717, 1.165) is 11.7 Å². The monoisotopic (exact) mass is 228 g/mol. The van der Waals surface area contributed by atoms with E-state index in [-0.39, 0.29) is 0 Å². The molecule has 0 N–H and O–H groups in total. The molecule has 1 aromatic carbocycles. The second kappa shape index (κ2) is 4.21. The van der Waals surface area contributed by atoms with Crippen LogP contribution < -0.4 is 4.74 Å². The van der Waals surface area contributed by atoms with Crippen molar-refractivity contribution in [1.82, 2.24) is 0 Å². The van der Waals surface area contributed by atoms with Gasteiger partial charge in [-0.15, -0.1) is 0 Å². The molecule has 0 radical (unpaired) electrons. The highest BCUT2D eigenvalue weighted by Gasteiger charge is 2.25. The first-order chi connectivity index (χ1) is 8.29. The quantitative estimate of drug-likeness (QED) is 0.699. The fourth-order valence-electron chi connectivity index (χ4n) is 3.39. The summed E-state index contributed by atoms with van der Waals surface area (Å²) in [6.07, 6.45) is 6.46. The van der Waals surface area contributed by atoms with Gasteiger partial charge in [-0.25, -0.2) is 0 Å². The molecule has 1 nitrogen and oxygen atoms in total. The SMILES string of the molecule is COc1ccc2c(c1)CCC1=C2CCCC1C. The first-order valence-corrected chi connectivity index (χ1v) is 6.69. The maximum Gasteiger partial charge on any atom is 0.119 e. The van der Waals surface area contributed by atoms with Gasteiger partial charge in [0.2, 0.25) is 0 Å². The topological polar surface area (TPSA) is 9.23 Å². The van der Waals surface area contributed by atoms with Gasteiger partial charge in [-0.3, -0.25) is 0 Å². The number of hydrogen-bond donors (Lipinski definition) is 0. The van der Waals surface area contributed by atoms with Gasteiger partial charge in [-0.2, -0.15) is 0 Å². The predicted octanol–water partition coefficient (Wildman–Crippen LogP) is 4.22. The Labute approximate surface area is 103 Å². The first-order valence-electron chi connectivity index (χ1n) is 6.69. The number of benzene rings is 1. The Morgan fingerprint density at radius 2 is 2.06 bits per heavy atom. The van der Waals surface area contributed by atoms with Gasteiger partial charge in [0, 0.05) is 0 Å². The molecule has 90 valence electrons. The van der Waals surface area contributed by atoms with Crippen LogP contribution in [0.5, 0.6) is 5.75 Å². The molecule has 1 atom stereocenters. The summed E-state index contributed by atoms with van der Waals surface area (Å²) >= 11 is 0. The minimum atomic E-state index is 0.800. The predicted molar refractivity (Wildman–Crippen MR) is 71.3 cm³/mol. The molecular weight excluding hydrogens is 208 g/mol. The van der Waals surface area contributed by atoms with Gasteiger partial charge >= 0.3 is 0 Å². The summed E-state index contributed by atoms with van der Waals surface area (Å²) in [5, 5.41) is 0. The Morgan fingerprint density at radius 1 is 1.18 bits per heavy atom. The lowest BCUT2D eigenvalue weighted by Gasteiger charge is -2.31. The van der Waals surface area contributed by atoms with Crippen LogP contribution in [0.15, 0.2) is 23.8 Å². The summed E-state index contributed by atoms with van der Waals surface area (Å²) in [7, 11) is 1.75. The Hall–Kier alpha value is -1.24. The van der Waals surface area contributed by atoms with E-state index in [1.807, 2.05) is 0 Å². The smallest absolute Gasteiger partial charge is 0.119 e. The molecule has 0 bridgehead atoms. The van der Waals surface area contributed by atoms with Gasteiger partial charge in [0.15, 0.2) is 0 Å². The number of hydrogen-bond acceptors (Lipinski definition) is 1. The molecule has 0 saturated heterocycles. The molecule has 0 aromatic heterocycles. The Kier molecular flexibility index (Phi) is 2.70. The fraction of sp³-hybridized carbons (Fsp3) is 0.500. The zero-order valence-corrected chi connectivity index (χ0v) is 10.8. The third-order valence-corrected chi connectivity index (χ3v) is 4.35. The van der Waals surface area contributed by atoms with Crippen LogP contribution in [-0.4, -0.2) is 7.11 Å². The molecule has 0 saturated carbocycles. The number of fused-ring (bicyclic) bond motifs is 2. The third kappa shape index (κ3) is 1.78. The van der Waals surface area contributed by atoms with E-state index < -0.39 is 0 Å². The molecule has 0 amide bonds. The highest BCUT2D eigenvalue weighted by Crippen LogP contribution is 2.43. The second-order valence-corrected chi connectivity index (χ2v) is 5.32. The van der Waals surface area contributed by atoms with Crippen molar-refractivity contribution in [3.8, 4) is 5.75 Å². The Morgan fingerprint density at radius 3 is 2.88 bits per heavy atom. The highest BCUT2D eigenvalue weighted by molar-refractivity contribution is 5.74. The van der Waals surface area contributed by atoms with Crippen LogP contribution in [0.1, 0.15) is 43.7 Å². The summed E-state index contributed by atoms with van der Waals surface area (Å²) in [6.45, 7) is 2.39. The van der Waals surface area contributed by atoms with Crippen LogP contribution >= 0.6 is 0 Å². The lowest BCUT2D eigenvalue weighted by Crippen LogP contribution is -2.15. The van der Waals surface area contributed by atoms with Crippen LogP contribution in [-0.2, 0) is 6.42 Å². The third-order valence-electron chi connectivity index (χ3n) is 4.35. The molecule has 2 aliphatic carbocycles. The molecule has 1 heteroatoms. The van der Waals surface area contributed by atoms with Crippen molar-refractivity contribution in [2.75, 3.05) is 7.11 Å². The molecule has 0 spiro atoms. The Balaban J connectivity index is 2.08. The van der Waals surface area contributed by atoms with Gasteiger partial charge < -0.3 is 4.74 Å². The summed E-state index contributed by atoms with van der Waals surface area (Å²) in [6, 6.07) is 6.59. The largest absolute Gasteiger partial charge is 0.497 e. The number of rotatable bonds is 1. The van der Waals surface area contributed by atoms with E-state index >= 15 is 0 Å². The molecule has 0 aliphatic heterocycles. The van der Waals surface area contributed by atoms with Crippen LogP contribution in [0.2, 0.25) is 0 Å². The zero-order chi connectivity index (χ0) is 11.8. The van der Waals surface area contributed by atoms with Crippen molar-refractivity contribution >= 4 is 5.57 Å². The van der Waals surface area contributed by atoms with Gasteiger partial charge in [0.1, 0.15) is 5.75 Å². The maximum atomic E-state index is 5.32. The van der Waals surface area contributed by atoms with Crippen molar-refractivity contribution < 1.29 is 4.74 Å². The van der Waals surface area contributed by atoms with Crippen molar-refractivity contribution in [3.05, 3.63) is 34.9 Å². The van der Waals surface area contributed by atoms with E-state index in [0.29, 0.717) is 0 Å². The molecule has 0 heterocycles. The molecule has 17 heavy (non-hydrogen) atoms. The number of ether oxygens (including phenoxy) is 1.